The fraction of sp³-hybridized carbons (Fsp3) is 0.182. The maximum atomic E-state index is 11.0. The van der Waals surface area contributed by atoms with E-state index < -0.39 is 11.9 Å². The summed E-state index contributed by atoms with van der Waals surface area (Å²) in [5, 5.41) is 9.84. The normalized spacial score (nSPS) is 12.8. The van der Waals surface area contributed by atoms with E-state index in [2.05, 4.69) is 4.98 Å². The first-order valence-electron chi connectivity index (χ1n) is 4.96. The third-order valence-electron chi connectivity index (χ3n) is 2.60. The SMILES string of the molecule is NC(=O)C(Cc1c[nH]c2ccccc12)NO. The summed E-state index contributed by atoms with van der Waals surface area (Å²) in [5.74, 6) is -0.576. The van der Waals surface area contributed by atoms with Crippen LogP contribution < -0.4 is 11.2 Å². The second-order valence-corrected chi connectivity index (χ2v) is 3.65. The van der Waals surface area contributed by atoms with Crippen LogP contribution in [0.3, 0.4) is 0 Å². The van der Waals surface area contributed by atoms with Gasteiger partial charge >= 0.3 is 0 Å². The molecular formula is C11H13N3O2. The minimum atomic E-state index is -0.765. The van der Waals surface area contributed by atoms with Crippen LogP contribution in [0.2, 0.25) is 0 Å². The Balaban J connectivity index is 2.30. The minimum absolute atomic E-state index is 0.357. The number of hydrogen-bond donors (Lipinski definition) is 4. The van der Waals surface area contributed by atoms with Crippen molar-refractivity contribution in [3.63, 3.8) is 0 Å². The van der Waals surface area contributed by atoms with E-state index in [-0.39, 0.29) is 0 Å². The number of para-hydroxylation sites is 1. The number of rotatable bonds is 4. The molecule has 2 aromatic rings. The van der Waals surface area contributed by atoms with E-state index in [4.69, 9.17) is 10.9 Å². The maximum absolute atomic E-state index is 11.0. The van der Waals surface area contributed by atoms with Crippen molar-refractivity contribution < 1.29 is 10.0 Å². The molecule has 1 unspecified atom stereocenters. The van der Waals surface area contributed by atoms with Gasteiger partial charge in [0.15, 0.2) is 0 Å². The molecule has 16 heavy (non-hydrogen) atoms. The van der Waals surface area contributed by atoms with Crippen LogP contribution in [0.1, 0.15) is 5.56 Å². The van der Waals surface area contributed by atoms with Crippen molar-refractivity contribution in [3.05, 3.63) is 36.0 Å². The van der Waals surface area contributed by atoms with Gasteiger partial charge in [-0.25, -0.2) is 0 Å². The molecule has 1 aromatic carbocycles. The fourth-order valence-corrected chi connectivity index (χ4v) is 1.73. The lowest BCUT2D eigenvalue weighted by Gasteiger charge is -2.09. The van der Waals surface area contributed by atoms with Gasteiger partial charge in [0, 0.05) is 23.5 Å². The van der Waals surface area contributed by atoms with Crippen molar-refractivity contribution in [1.82, 2.24) is 10.5 Å². The molecule has 0 aliphatic rings. The number of carbonyl (C=O) groups is 1. The van der Waals surface area contributed by atoms with Gasteiger partial charge in [-0.1, -0.05) is 18.2 Å². The van der Waals surface area contributed by atoms with E-state index >= 15 is 0 Å². The number of H-pyrrole nitrogens is 1. The molecule has 5 nitrogen and oxygen atoms in total. The van der Waals surface area contributed by atoms with Crippen molar-refractivity contribution >= 4 is 16.8 Å². The average Bonchev–Trinajstić information content (AvgIpc) is 2.69. The van der Waals surface area contributed by atoms with Gasteiger partial charge in [0.25, 0.3) is 0 Å². The number of carbonyl (C=O) groups excluding carboxylic acids is 1. The quantitative estimate of drug-likeness (QED) is 0.566. The van der Waals surface area contributed by atoms with Crippen LogP contribution in [0, 0.1) is 0 Å². The number of primary amides is 1. The van der Waals surface area contributed by atoms with E-state index in [1.165, 1.54) is 0 Å². The summed E-state index contributed by atoms with van der Waals surface area (Å²) in [6, 6.07) is 6.99. The van der Waals surface area contributed by atoms with Crippen molar-refractivity contribution in [2.75, 3.05) is 0 Å². The number of aromatic amines is 1. The van der Waals surface area contributed by atoms with Gasteiger partial charge in [0.2, 0.25) is 5.91 Å². The molecule has 1 amide bonds. The first kappa shape index (κ1) is 10.7. The lowest BCUT2D eigenvalue weighted by atomic mass is 10.1. The second kappa shape index (κ2) is 4.34. The molecule has 0 saturated carbocycles. The Hall–Kier alpha value is -1.85. The number of fused-ring (bicyclic) bond motifs is 1. The molecule has 0 saturated heterocycles. The highest BCUT2D eigenvalue weighted by Crippen LogP contribution is 2.18. The smallest absolute Gasteiger partial charge is 0.237 e. The Bertz CT molecular complexity index is 507. The molecule has 1 heterocycles. The number of hydrogen-bond acceptors (Lipinski definition) is 3. The zero-order chi connectivity index (χ0) is 11.5. The van der Waals surface area contributed by atoms with Crippen LogP contribution >= 0.6 is 0 Å². The van der Waals surface area contributed by atoms with Crippen molar-refractivity contribution in [2.24, 2.45) is 5.73 Å². The predicted octanol–water partition coefficient (Wildman–Crippen LogP) is 0.543. The molecule has 0 bridgehead atoms. The molecule has 0 aliphatic heterocycles. The average molecular weight is 219 g/mol. The van der Waals surface area contributed by atoms with Gasteiger partial charge < -0.3 is 15.9 Å². The molecule has 5 heteroatoms. The molecular weight excluding hydrogens is 206 g/mol. The Morgan fingerprint density at radius 2 is 2.25 bits per heavy atom. The molecule has 1 atom stereocenters. The van der Waals surface area contributed by atoms with Crippen LogP contribution in [0.5, 0.6) is 0 Å². The molecule has 2 rings (SSSR count). The van der Waals surface area contributed by atoms with E-state index in [9.17, 15) is 4.79 Å². The van der Waals surface area contributed by atoms with Crippen LogP contribution in [-0.4, -0.2) is 22.1 Å². The van der Waals surface area contributed by atoms with Gasteiger partial charge in [-0.15, -0.1) is 0 Å². The molecule has 0 aliphatic carbocycles. The summed E-state index contributed by atoms with van der Waals surface area (Å²) < 4.78 is 0. The summed E-state index contributed by atoms with van der Waals surface area (Å²) >= 11 is 0. The standard InChI is InChI=1S/C11H13N3O2/c12-11(15)10(14-16)5-7-6-13-9-4-2-1-3-8(7)9/h1-4,6,10,13-14,16H,5H2,(H2,12,15). The Morgan fingerprint density at radius 3 is 2.94 bits per heavy atom. The molecule has 0 radical (unpaired) electrons. The van der Waals surface area contributed by atoms with E-state index in [0.717, 1.165) is 16.5 Å². The molecule has 0 fully saturated rings. The topological polar surface area (TPSA) is 91.1 Å². The number of hydroxylamine groups is 1. The van der Waals surface area contributed by atoms with E-state index in [0.29, 0.717) is 6.42 Å². The van der Waals surface area contributed by atoms with Gasteiger partial charge in [-0.3, -0.25) is 4.79 Å². The van der Waals surface area contributed by atoms with Crippen LogP contribution in [0.4, 0.5) is 0 Å². The highest BCUT2D eigenvalue weighted by Gasteiger charge is 2.16. The first-order chi connectivity index (χ1) is 7.72. The van der Waals surface area contributed by atoms with E-state index in [1.807, 2.05) is 35.9 Å². The van der Waals surface area contributed by atoms with Gasteiger partial charge in [0.05, 0.1) is 0 Å². The lowest BCUT2D eigenvalue weighted by molar-refractivity contribution is -0.122. The van der Waals surface area contributed by atoms with Crippen molar-refractivity contribution in [1.29, 1.82) is 0 Å². The van der Waals surface area contributed by atoms with Crippen LogP contribution in [0.25, 0.3) is 10.9 Å². The number of nitrogens with two attached hydrogens (primary N) is 1. The van der Waals surface area contributed by atoms with Crippen LogP contribution in [-0.2, 0) is 11.2 Å². The fourth-order valence-electron chi connectivity index (χ4n) is 1.73. The molecule has 1 aromatic heterocycles. The Kier molecular flexibility index (Phi) is 2.89. The third-order valence-corrected chi connectivity index (χ3v) is 2.60. The summed E-state index contributed by atoms with van der Waals surface area (Å²) in [7, 11) is 0. The number of benzene rings is 1. The zero-order valence-corrected chi connectivity index (χ0v) is 8.60. The summed E-state index contributed by atoms with van der Waals surface area (Å²) in [4.78, 5) is 14.1. The second-order valence-electron chi connectivity index (χ2n) is 3.65. The predicted molar refractivity (Wildman–Crippen MR) is 59.9 cm³/mol. The number of nitrogens with one attached hydrogen (secondary N) is 2. The van der Waals surface area contributed by atoms with Gasteiger partial charge in [-0.05, 0) is 11.6 Å². The summed E-state index contributed by atoms with van der Waals surface area (Å²) in [6.45, 7) is 0. The number of aromatic nitrogens is 1. The summed E-state index contributed by atoms with van der Waals surface area (Å²) in [5.41, 5.74) is 9.00. The Morgan fingerprint density at radius 1 is 1.50 bits per heavy atom. The number of amides is 1. The molecule has 5 N–H and O–H groups in total. The highest BCUT2D eigenvalue weighted by molar-refractivity contribution is 5.85. The van der Waals surface area contributed by atoms with Crippen molar-refractivity contribution in [2.45, 2.75) is 12.5 Å². The minimum Gasteiger partial charge on any atom is -0.368 e. The van der Waals surface area contributed by atoms with E-state index in [1.54, 1.807) is 0 Å². The highest BCUT2D eigenvalue weighted by atomic mass is 16.5. The van der Waals surface area contributed by atoms with Gasteiger partial charge in [-0.2, -0.15) is 5.48 Å². The Labute approximate surface area is 92.2 Å². The zero-order valence-electron chi connectivity index (χ0n) is 8.60. The first-order valence-corrected chi connectivity index (χ1v) is 4.96. The maximum Gasteiger partial charge on any atom is 0.237 e. The third kappa shape index (κ3) is 1.91. The summed E-state index contributed by atoms with van der Waals surface area (Å²) in [6.07, 6.45) is 2.17. The van der Waals surface area contributed by atoms with Gasteiger partial charge in [0.1, 0.15) is 6.04 Å². The monoisotopic (exact) mass is 219 g/mol. The van der Waals surface area contributed by atoms with Crippen molar-refractivity contribution in [3.8, 4) is 0 Å². The molecule has 84 valence electrons. The molecule has 0 spiro atoms. The van der Waals surface area contributed by atoms with Crippen LogP contribution in [0.15, 0.2) is 30.5 Å². The lowest BCUT2D eigenvalue weighted by Crippen LogP contribution is -2.41. The largest absolute Gasteiger partial charge is 0.368 e.